The second kappa shape index (κ2) is 7.06. The van der Waals surface area contributed by atoms with Gasteiger partial charge in [-0.15, -0.1) is 0 Å². The Bertz CT molecular complexity index is 513. The summed E-state index contributed by atoms with van der Waals surface area (Å²) >= 11 is 0. The monoisotopic (exact) mass is 291 g/mol. The molecule has 0 bridgehead atoms. The number of aromatic nitrogens is 1. The van der Waals surface area contributed by atoms with Gasteiger partial charge in [0.15, 0.2) is 0 Å². The van der Waals surface area contributed by atoms with E-state index in [1.54, 1.807) is 0 Å². The number of carboxylic acid groups (broad SMARTS) is 1. The van der Waals surface area contributed by atoms with E-state index in [-0.39, 0.29) is 18.6 Å². The normalized spacial score (nSPS) is 14.9. The Balaban J connectivity index is 1.95. The van der Waals surface area contributed by atoms with Gasteiger partial charge < -0.3 is 15.3 Å². The number of nitrogens with zero attached hydrogens (tertiary/aromatic N) is 2. The van der Waals surface area contributed by atoms with Gasteiger partial charge in [-0.3, -0.25) is 9.78 Å². The number of carbonyl (C=O) groups is 2. The zero-order valence-electron chi connectivity index (χ0n) is 12.2. The van der Waals surface area contributed by atoms with Crippen LogP contribution in [0.3, 0.4) is 0 Å². The summed E-state index contributed by atoms with van der Waals surface area (Å²) in [4.78, 5) is 29.0. The molecule has 1 aliphatic carbocycles. The second-order valence-corrected chi connectivity index (χ2v) is 5.39. The number of urea groups is 1. The van der Waals surface area contributed by atoms with Crippen LogP contribution in [0.1, 0.15) is 37.1 Å². The molecule has 1 aromatic rings. The summed E-state index contributed by atoms with van der Waals surface area (Å²) < 4.78 is 0. The molecule has 6 nitrogen and oxygen atoms in total. The molecule has 0 saturated heterocycles. The van der Waals surface area contributed by atoms with Gasteiger partial charge in [-0.2, -0.15) is 0 Å². The Labute approximate surface area is 124 Å². The lowest BCUT2D eigenvalue weighted by molar-refractivity contribution is -0.138. The lowest BCUT2D eigenvalue weighted by Crippen LogP contribution is -2.47. The Morgan fingerprint density at radius 2 is 2.10 bits per heavy atom. The fourth-order valence-corrected chi connectivity index (χ4v) is 2.69. The van der Waals surface area contributed by atoms with Gasteiger partial charge in [-0.05, 0) is 31.9 Å². The van der Waals surface area contributed by atoms with Gasteiger partial charge in [0.05, 0.1) is 12.2 Å². The Morgan fingerprint density at radius 1 is 1.38 bits per heavy atom. The van der Waals surface area contributed by atoms with Crippen LogP contribution in [0.4, 0.5) is 4.79 Å². The fraction of sp³-hybridized carbons (Fsp3) is 0.533. The molecule has 0 aromatic carbocycles. The van der Waals surface area contributed by atoms with Crippen LogP contribution in [-0.4, -0.2) is 39.6 Å². The summed E-state index contributed by atoms with van der Waals surface area (Å²) in [6, 6.07) is 5.32. The third kappa shape index (κ3) is 4.44. The second-order valence-electron chi connectivity index (χ2n) is 5.39. The van der Waals surface area contributed by atoms with Crippen molar-refractivity contribution >= 4 is 12.0 Å². The molecule has 0 aliphatic heterocycles. The molecule has 2 N–H and O–H groups in total. The number of aliphatic carboxylic acids is 1. The number of rotatable bonds is 5. The summed E-state index contributed by atoms with van der Waals surface area (Å²) in [7, 11) is 0. The number of aryl methyl sites for hydroxylation is 1. The number of amides is 2. The number of hydrogen-bond acceptors (Lipinski definition) is 3. The summed E-state index contributed by atoms with van der Waals surface area (Å²) in [6.07, 6.45) is 3.85. The van der Waals surface area contributed by atoms with Crippen molar-refractivity contribution in [3.8, 4) is 0 Å². The molecule has 1 saturated carbocycles. The molecule has 2 amide bonds. The highest BCUT2D eigenvalue weighted by molar-refractivity contribution is 5.80. The molecule has 114 valence electrons. The maximum Gasteiger partial charge on any atom is 0.323 e. The zero-order valence-corrected chi connectivity index (χ0v) is 12.2. The van der Waals surface area contributed by atoms with Crippen molar-refractivity contribution in [2.75, 3.05) is 6.54 Å². The first-order valence-corrected chi connectivity index (χ1v) is 7.25. The van der Waals surface area contributed by atoms with Gasteiger partial charge in [-0.1, -0.05) is 18.9 Å². The van der Waals surface area contributed by atoms with Crippen LogP contribution in [0, 0.1) is 6.92 Å². The number of carboxylic acids is 1. The van der Waals surface area contributed by atoms with Crippen molar-refractivity contribution in [3.05, 3.63) is 29.6 Å². The van der Waals surface area contributed by atoms with E-state index in [0.717, 1.165) is 37.1 Å². The molecule has 0 spiro atoms. The third-order valence-electron chi connectivity index (χ3n) is 3.70. The van der Waals surface area contributed by atoms with Crippen LogP contribution in [-0.2, 0) is 11.3 Å². The van der Waals surface area contributed by atoms with Gasteiger partial charge in [0, 0.05) is 11.7 Å². The topological polar surface area (TPSA) is 82.5 Å². The quantitative estimate of drug-likeness (QED) is 0.868. The number of nitrogens with one attached hydrogen (secondary N) is 1. The lowest BCUT2D eigenvalue weighted by Gasteiger charge is -2.27. The molecule has 1 fully saturated rings. The maximum atomic E-state index is 12.2. The smallest absolute Gasteiger partial charge is 0.323 e. The molecule has 6 heteroatoms. The highest BCUT2D eigenvalue weighted by atomic mass is 16.4. The SMILES string of the molecule is Cc1cccc(CNC(=O)N(CC(=O)O)C2CCCC2)n1. The van der Waals surface area contributed by atoms with E-state index in [4.69, 9.17) is 5.11 Å². The lowest BCUT2D eigenvalue weighted by atomic mass is 10.2. The van der Waals surface area contributed by atoms with Crippen LogP contribution < -0.4 is 5.32 Å². The van der Waals surface area contributed by atoms with Crippen LogP contribution in [0.2, 0.25) is 0 Å². The predicted octanol–water partition coefficient (Wildman–Crippen LogP) is 1.93. The highest BCUT2D eigenvalue weighted by Gasteiger charge is 2.28. The Hall–Kier alpha value is -2.11. The van der Waals surface area contributed by atoms with Crippen LogP contribution in [0.25, 0.3) is 0 Å². The Morgan fingerprint density at radius 3 is 2.71 bits per heavy atom. The molecule has 0 radical (unpaired) electrons. The largest absolute Gasteiger partial charge is 0.480 e. The summed E-state index contributed by atoms with van der Waals surface area (Å²) in [5.74, 6) is -0.981. The molecular formula is C15H21N3O3. The number of pyridine rings is 1. The van der Waals surface area contributed by atoms with Crippen molar-refractivity contribution < 1.29 is 14.7 Å². The zero-order chi connectivity index (χ0) is 15.2. The maximum absolute atomic E-state index is 12.2. The van der Waals surface area contributed by atoms with E-state index >= 15 is 0 Å². The third-order valence-corrected chi connectivity index (χ3v) is 3.70. The van der Waals surface area contributed by atoms with E-state index in [2.05, 4.69) is 10.3 Å². The fourth-order valence-electron chi connectivity index (χ4n) is 2.69. The van der Waals surface area contributed by atoms with Gasteiger partial charge in [-0.25, -0.2) is 4.79 Å². The van der Waals surface area contributed by atoms with Crippen molar-refractivity contribution in [3.63, 3.8) is 0 Å². The number of carbonyl (C=O) groups excluding carboxylic acids is 1. The molecule has 2 rings (SSSR count). The van der Waals surface area contributed by atoms with Crippen molar-refractivity contribution in [2.24, 2.45) is 0 Å². The van der Waals surface area contributed by atoms with E-state index in [0.29, 0.717) is 6.54 Å². The summed E-state index contributed by atoms with van der Waals surface area (Å²) in [5.41, 5.74) is 1.66. The number of hydrogen-bond donors (Lipinski definition) is 2. The molecule has 0 atom stereocenters. The molecule has 1 aromatic heterocycles. The predicted molar refractivity (Wildman–Crippen MR) is 77.8 cm³/mol. The van der Waals surface area contributed by atoms with Crippen LogP contribution in [0.5, 0.6) is 0 Å². The standard InChI is InChI=1S/C15H21N3O3/c1-11-5-4-6-12(17-11)9-16-15(21)18(10-14(19)20)13-7-2-3-8-13/h4-6,13H,2-3,7-10H2,1H3,(H,16,21)(H,19,20). The first-order chi connectivity index (χ1) is 10.1. The van der Waals surface area contributed by atoms with E-state index in [9.17, 15) is 9.59 Å². The minimum absolute atomic E-state index is 0.0339. The minimum Gasteiger partial charge on any atom is -0.480 e. The van der Waals surface area contributed by atoms with Gasteiger partial charge in [0.25, 0.3) is 0 Å². The van der Waals surface area contributed by atoms with E-state index in [1.807, 2.05) is 25.1 Å². The molecule has 1 heterocycles. The van der Waals surface area contributed by atoms with E-state index < -0.39 is 5.97 Å². The van der Waals surface area contributed by atoms with Crippen LogP contribution >= 0.6 is 0 Å². The minimum atomic E-state index is -0.981. The van der Waals surface area contributed by atoms with E-state index in [1.165, 1.54) is 4.90 Å². The van der Waals surface area contributed by atoms with Crippen molar-refractivity contribution in [1.82, 2.24) is 15.2 Å². The average Bonchev–Trinajstić information content (AvgIpc) is 2.96. The van der Waals surface area contributed by atoms with Crippen molar-refractivity contribution in [1.29, 1.82) is 0 Å². The summed E-state index contributed by atoms with van der Waals surface area (Å²) in [6.45, 7) is 1.95. The molecule has 0 unspecified atom stereocenters. The van der Waals surface area contributed by atoms with Gasteiger partial charge in [0.2, 0.25) is 0 Å². The highest BCUT2D eigenvalue weighted by Crippen LogP contribution is 2.23. The summed E-state index contributed by atoms with van der Waals surface area (Å²) in [5, 5.41) is 11.8. The van der Waals surface area contributed by atoms with Gasteiger partial charge >= 0.3 is 12.0 Å². The molecule has 1 aliphatic rings. The van der Waals surface area contributed by atoms with Gasteiger partial charge in [0.1, 0.15) is 6.54 Å². The molecular weight excluding hydrogens is 270 g/mol. The first-order valence-electron chi connectivity index (χ1n) is 7.25. The van der Waals surface area contributed by atoms with Crippen molar-refractivity contribution in [2.45, 2.75) is 45.2 Å². The Kier molecular flexibility index (Phi) is 5.14. The van der Waals surface area contributed by atoms with Crippen LogP contribution in [0.15, 0.2) is 18.2 Å². The molecule has 21 heavy (non-hydrogen) atoms. The first kappa shape index (κ1) is 15.3. The average molecular weight is 291 g/mol.